The predicted octanol–water partition coefficient (Wildman–Crippen LogP) is 0.439. The molecular formula is C10H12N4O3S. The Morgan fingerprint density at radius 2 is 2.06 bits per heavy atom. The van der Waals surface area contributed by atoms with Crippen LogP contribution in [0.1, 0.15) is 5.69 Å². The highest BCUT2D eigenvalue weighted by molar-refractivity contribution is 7.89. The Bertz CT molecular complexity index is 610. The maximum Gasteiger partial charge on any atom is 0.243 e. The number of nitrogen functional groups attached to an aromatic ring is 1. The second-order valence-electron chi connectivity index (χ2n) is 3.46. The van der Waals surface area contributed by atoms with Crippen LogP contribution in [-0.4, -0.2) is 13.6 Å². The predicted molar refractivity (Wildman–Crippen MR) is 64.8 cm³/mol. The average Bonchev–Trinajstić information content (AvgIpc) is 2.89. The van der Waals surface area contributed by atoms with Crippen molar-refractivity contribution in [2.45, 2.75) is 11.4 Å². The van der Waals surface area contributed by atoms with E-state index >= 15 is 0 Å². The highest BCUT2D eigenvalue weighted by Crippen LogP contribution is 2.19. The van der Waals surface area contributed by atoms with E-state index in [2.05, 4.69) is 19.8 Å². The lowest BCUT2D eigenvalue weighted by Crippen LogP contribution is -2.25. The summed E-state index contributed by atoms with van der Waals surface area (Å²) in [5.74, 6) is 5.27. The number of benzene rings is 1. The number of sulfonamides is 1. The monoisotopic (exact) mass is 268 g/mol. The summed E-state index contributed by atoms with van der Waals surface area (Å²) in [6, 6.07) is 7.91. The molecule has 0 atom stereocenters. The van der Waals surface area contributed by atoms with Crippen molar-refractivity contribution in [3.8, 4) is 0 Å². The van der Waals surface area contributed by atoms with Gasteiger partial charge in [0.05, 0.1) is 17.9 Å². The molecule has 0 unspecified atom stereocenters. The van der Waals surface area contributed by atoms with E-state index in [1.807, 2.05) is 0 Å². The van der Waals surface area contributed by atoms with Gasteiger partial charge in [0.15, 0.2) is 0 Å². The van der Waals surface area contributed by atoms with Crippen molar-refractivity contribution in [3.05, 3.63) is 42.3 Å². The Morgan fingerprint density at radius 3 is 2.72 bits per heavy atom. The second kappa shape index (κ2) is 5.17. The van der Waals surface area contributed by atoms with Crippen LogP contribution in [0.5, 0.6) is 0 Å². The Kier molecular flexibility index (Phi) is 3.60. The van der Waals surface area contributed by atoms with Gasteiger partial charge in [-0.25, -0.2) is 13.1 Å². The van der Waals surface area contributed by atoms with Gasteiger partial charge in [-0.15, -0.1) is 0 Å². The average molecular weight is 268 g/mol. The topological polar surface area (TPSA) is 110 Å². The molecule has 0 aliphatic heterocycles. The van der Waals surface area contributed by atoms with Crippen LogP contribution in [0.3, 0.4) is 0 Å². The van der Waals surface area contributed by atoms with E-state index < -0.39 is 10.0 Å². The van der Waals surface area contributed by atoms with Gasteiger partial charge >= 0.3 is 0 Å². The molecule has 18 heavy (non-hydrogen) atoms. The fourth-order valence-corrected chi connectivity index (χ4v) is 2.56. The van der Waals surface area contributed by atoms with Gasteiger partial charge in [0.2, 0.25) is 10.0 Å². The Hall–Kier alpha value is -1.90. The summed E-state index contributed by atoms with van der Waals surface area (Å²) >= 11 is 0. The summed E-state index contributed by atoms with van der Waals surface area (Å²) < 4.78 is 31.1. The fourth-order valence-electron chi connectivity index (χ4n) is 1.40. The van der Waals surface area contributed by atoms with Gasteiger partial charge in [0.1, 0.15) is 11.2 Å². The number of para-hydroxylation sites is 1. The molecule has 2 rings (SSSR count). The van der Waals surface area contributed by atoms with Crippen molar-refractivity contribution >= 4 is 15.7 Å². The van der Waals surface area contributed by atoms with E-state index in [1.165, 1.54) is 12.3 Å². The van der Waals surface area contributed by atoms with Crippen LogP contribution in [0.25, 0.3) is 0 Å². The molecule has 4 N–H and O–H groups in total. The van der Waals surface area contributed by atoms with Crippen molar-refractivity contribution < 1.29 is 12.9 Å². The zero-order valence-corrected chi connectivity index (χ0v) is 10.1. The Labute approximate surface area is 104 Å². The van der Waals surface area contributed by atoms with Crippen molar-refractivity contribution in [2.75, 3.05) is 5.43 Å². The number of nitrogens with one attached hydrogen (secondary N) is 2. The number of hydrogen-bond donors (Lipinski definition) is 3. The van der Waals surface area contributed by atoms with E-state index in [1.54, 1.807) is 24.3 Å². The van der Waals surface area contributed by atoms with Gasteiger partial charge in [-0.3, -0.25) is 5.84 Å². The van der Waals surface area contributed by atoms with Gasteiger partial charge in [-0.05, 0) is 12.1 Å². The van der Waals surface area contributed by atoms with Crippen molar-refractivity contribution in [2.24, 2.45) is 5.84 Å². The molecule has 8 heteroatoms. The summed E-state index contributed by atoms with van der Waals surface area (Å²) in [7, 11) is -3.65. The fraction of sp³-hybridized carbons (Fsp3) is 0.100. The molecule has 0 saturated heterocycles. The Balaban J connectivity index is 2.20. The summed E-state index contributed by atoms with van der Waals surface area (Å²) in [5.41, 5.74) is 3.16. The molecule has 0 fully saturated rings. The van der Waals surface area contributed by atoms with Crippen LogP contribution in [0.15, 0.2) is 46.0 Å². The standard InChI is InChI=1S/C10H12N4O3S/c11-13-9-3-1-2-4-10(9)18(15,16)12-7-8-5-6-17-14-8/h1-6,12-13H,7,11H2. The minimum absolute atomic E-state index is 0.0533. The van der Waals surface area contributed by atoms with Gasteiger partial charge in [0, 0.05) is 6.07 Å². The molecule has 0 radical (unpaired) electrons. The maximum absolute atomic E-state index is 12.0. The molecule has 0 aliphatic rings. The van der Waals surface area contributed by atoms with E-state index in [-0.39, 0.29) is 11.4 Å². The lowest BCUT2D eigenvalue weighted by atomic mass is 10.3. The molecule has 2 aromatic rings. The summed E-state index contributed by atoms with van der Waals surface area (Å²) in [6.45, 7) is 0.0533. The number of hydrogen-bond acceptors (Lipinski definition) is 6. The van der Waals surface area contributed by atoms with E-state index in [9.17, 15) is 8.42 Å². The number of nitrogens with two attached hydrogens (primary N) is 1. The minimum atomic E-state index is -3.65. The molecule has 0 aliphatic carbocycles. The third-order valence-corrected chi connectivity index (χ3v) is 3.73. The maximum atomic E-state index is 12.0. The van der Waals surface area contributed by atoms with Crippen LogP contribution in [0.2, 0.25) is 0 Å². The van der Waals surface area contributed by atoms with Crippen LogP contribution in [0.4, 0.5) is 5.69 Å². The third-order valence-electron chi connectivity index (χ3n) is 2.27. The van der Waals surface area contributed by atoms with Gasteiger partial charge < -0.3 is 9.95 Å². The van der Waals surface area contributed by atoms with Gasteiger partial charge in [-0.1, -0.05) is 17.3 Å². The van der Waals surface area contributed by atoms with E-state index in [0.29, 0.717) is 11.4 Å². The zero-order valence-electron chi connectivity index (χ0n) is 9.33. The molecule has 7 nitrogen and oxygen atoms in total. The molecule has 96 valence electrons. The van der Waals surface area contributed by atoms with Crippen molar-refractivity contribution in [1.82, 2.24) is 9.88 Å². The largest absolute Gasteiger partial charge is 0.364 e. The number of rotatable bonds is 5. The quantitative estimate of drug-likeness (QED) is 0.536. The first-order valence-electron chi connectivity index (χ1n) is 5.08. The lowest BCUT2D eigenvalue weighted by molar-refractivity contribution is 0.411. The number of anilines is 1. The summed E-state index contributed by atoms with van der Waals surface area (Å²) in [5, 5.41) is 3.61. The molecule has 1 aromatic heterocycles. The third kappa shape index (κ3) is 2.67. The van der Waals surface area contributed by atoms with Crippen molar-refractivity contribution in [1.29, 1.82) is 0 Å². The van der Waals surface area contributed by atoms with Crippen molar-refractivity contribution in [3.63, 3.8) is 0 Å². The number of aromatic nitrogens is 1. The van der Waals surface area contributed by atoms with Gasteiger partial charge in [0.25, 0.3) is 0 Å². The molecule has 0 spiro atoms. The second-order valence-corrected chi connectivity index (χ2v) is 5.19. The van der Waals surface area contributed by atoms with Crippen LogP contribution >= 0.6 is 0 Å². The summed E-state index contributed by atoms with van der Waals surface area (Å²) in [4.78, 5) is 0.0796. The highest BCUT2D eigenvalue weighted by atomic mass is 32.2. The number of nitrogens with zero attached hydrogens (tertiary/aromatic N) is 1. The smallest absolute Gasteiger partial charge is 0.243 e. The Morgan fingerprint density at radius 1 is 1.28 bits per heavy atom. The van der Waals surface area contributed by atoms with E-state index in [4.69, 9.17) is 5.84 Å². The lowest BCUT2D eigenvalue weighted by Gasteiger charge is -2.09. The zero-order chi connectivity index (χ0) is 13.0. The summed E-state index contributed by atoms with van der Waals surface area (Å²) in [6.07, 6.45) is 1.37. The first-order valence-corrected chi connectivity index (χ1v) is 6.56. The normalized spacial score (nSPS) is 11.4. The van der Waals surface area contributed by atoms with Crippen LogP contribution < -0.4 is 16.0 Å². The first kappa shape index (κ1) is 12.6. The van der Waals surface area contributed by atoms with Crippen LogP contribution in [0, 0.1) is 0 Å². The molecule has 0 saturated carbocycles. The first-order chi connectivity index (χ1) is 8.63. The molecule has 1 heterocycles. The SMILES string of the molecule is NNc1ccccc1S(=O)(=O)NCc1ccon1. The highest BCUT2D eigenvalue weighted by Gasteiger charge is 2.17. The van der Waals surface area contributed by atoms with Crippen LogP contribution in [-0.2, 0) is 16.6 Å². The molecule has 0 amide bonds. The van der Waals surface area contributed by atoms with E-state index in [0.717, 1.165) is 0 Å². The number of hydrazine groups is 1. The molecule has 0 bridgehead atoms. The van der Waals surface area contributed by atoms with Gasteiger partial charge in [-0.2, -0.15) is 0 Å². The molecular weight excluding hydrogens is 256 g/mol. The molecule has 1 aromatic carbocycles. The minimum Gasteiger partial charge on any atom is -0.364 e.